The van der Waals surface area contributed by atoms with E-state index in [-0.39, 0.29) is 10.8 Å². The lowest BCUT2D eigenvalue weighted by atomic mass is 10.2. The average Bonchev–Trinajstić information content (AvgIpc) is 2.79. The molecule has 1 amide bonds. The first-order valence-electron chi connectivity index (χ1n) is 6.20. The van der Waals surface area contributed by atoms with Crippen molar-refractivity contribution in [2.75, 3.05) is 10.0 Å². The Morgan fingerprint density at radius 3 is 2.52 bits per heavy atom. The normalized spacial score (nSPS) is 11.2. The van der Waals surface area contributed by atoms with Crippen LogP contribution in [0, 0.1) is 13.8 Å². The van der Waals surface area contributed by atoms with E-state index in [1.165, 1.54) is 13.1 Å². The first kappa shape index (κ1) is 15.0. The van der Waals surface area contributed by atoms with Crippen LogP contribution in [-0.2, 0) is 14.8 Å². The molecule has 0 saturated carbocycles. The Balaban J connectivity index is 2.26. The Hall–Kier alpha value is -2.35. The second-order valence-corrected chi connectivity index (χ2v) is 6.33. The quantitative estimate of drug-likeness (QED) is 0.801. The fraction of sp³-hybridized carbons (Fsp3) is 0.231. The number of amides is 1. The molecule has 0 radical (unpaired) electrons. The van der Waals surface area contributed by atoms with E-state index in [4.69, 9.17) is 0 Å². The fourth-order valence-electron chi connectivity index (χ4n) is 1.88. The summed E-state index contributed by atoms with van der Waals surface area (Å²) in [6.07, 6.45) is 1.26. The van der Waals surface area contributed by atoms with Gasteiger partial charge >= 0.3 is 0 Å². The highest BCUT2D eigenvalue weighted by Gasteiger charge is 2.18. The van der Waals surface area contributed by atoms with Crippen molar-refractivity contribution in [2.45, 2.75) is 25.7 Å². The number of anilines is 2. The Labute approximate surface area is 122 Å². The first-order chi connectivity index (χ1) is 9.79. The van der Waals surface area contributed by atoms with Gasteiger partial charge in [-0.15, -0.1) is 0 Å². The van der Waals surface area contributed by atoms with Gasteiger partial charge in [0.2, 0.25) is 5.91 Å². The van der Waals surface area contributed by atoms with Crippen LogP contribution in [0.25, 0.3) is 0 Å². The number of nitrogens with zero attached hydrogens (tertiary/aromatic N) is 1. The lowest BCUT2D eigenvalue weighted by Gasteiger charge is -2.11. The highest BCUT2D eigenvalue weighted by atomic mass is 32.2. The zero-order chi connectivity index (χ0) is 15.6. The zero-order valence-corrected chi connectivity index (χ0v) is 12.7. The van der Waals surface area contributed by atoms with Crippen LogP contribution in [0.2, 0.25) is 0 Å². The number of rotatable bonds is 4. The molecule has 0 aliphatic heterocycles. The number of hydrogen-bond acceptors (Lipinski definition) is 4. The minimum Gasteiger partial charge on any atom is -0.326 e. The highest BCUT2D eigenvalue weighted by Crippen LogP contribution is 2.22. The summed E-state index contributed by atoms with van der Waals surface area (Å²) in [6.45, 7) is 4.83. The molecule has 2 aromatic rings. The summed E-state index contributed by atoms with van der Waals surface area (Å²) in [5, 5.41) is 8.96. The Morgan fingerprint density at radius 2 is 2.00 bits per heavy atom. The van der Waals surface area contributed by atoms with Crippen LogP contribution in [0.4, 0.5) is 11.4 Å². The molecule has 0 atom stereocenters. The number of nitrogens with one attached hydrogen (secondary N) is 3. The molecule has 1 aromatic carbocycles. The number of aromatic amines is 1. The van der Waals surface area contributed by atoms with Crippen LogP contribution < -0.4 is 10.0 Å². The summed E-state index contributed by atoms with van der Waals surface area (Å²) < 4.78 is 26.9. The molecular formula is C13H16N4O3S. The van der Waals surface area contributed by atoms with Gasteiger partial charge in [-0.3, -0.25) is 14.6 Å². The standard InChI is InChI=1S/C13H16N4O3S/c1-8-6-11(4-5-12(8)15-10(3)18)17-21(19,20)13-7-14-16-9(13)2/h4-7,17H,1-3H3,(H,14,16)(H,15,18). The van der Waals surface area contributed by atoms with Crippen LogP contribution in [0.3, 0.4) is 0 Å². The number of aromatic nitrogens is 2. The van der Waals surface area contributed by atoms with Crippen LogP contribution in [-0.4, -0.2) is 24.5 Å². The van der Waals surface area contributed by atoms with Crippen LogP contribution in [0.5, 0.6) is 0 Å². The summed E-state index contributed by atoms with van der Waals surface area (Å²) in [5.41, 5.74) is 2.29. The molecule has 7 nitrogen and oxygen atoms in total. The van der Waals surface area contributed by atoms with Gasteiger partial charge in [-0.25, -0.2) is 8.42 Å². The first-order valence-corrected chi connectivity index (χ1v) is 7.69. The van der Waals surface area contributed by atoms with Gasteiger partial charge in [0.15, 0.2) is 0 Å². The third-order valence-electron chi connectivity index (χ3n) is 2.86. The maximum Gasteiger partial charge on any atom is 0.265 e. The van der Waals surface area contributed by atoms with E-state index < -0.39 is 10.0 Å². The SMILES string of the molecule is CC(=O)Nc1ccc(NS(=O)(=O)c2cn[nH]c2C)cc1C. The van der Waals surface area contributed by atoms with Crippen LogP contribution in [0.1, 0.15) is 18.2 Å². The minimum absolute atomic E-state index is 0.103. The summed E-state index contributed by atoms with van der Waals surface area (Å²) in [4.78, 5) is 11.1. The van der Waals surface area contributed by atoms with Crippen molar-refractivity contribution in [3.8, 4) is 0 Å². The second kappa shape index (κ2) is 5.57. The van der Waals surface area contributed by atoms with E-state index in [9.17, 15) is 13.2 Å². The summed E-state index contributed by atoms with van der Waals surface area (Å²) in [6, 6.07) is 4.89. The molecule has 0 aliphatic rings. The number of aryl methyl sites for hydroxylation is 2. The molecule has 0 saturated heterocycles. The minimum atomic E-state index is -3.68. The van der Waals surface area contributed by atoms with Gasteiger partial charge in [-0.1, -0.05) is 0 Å². The molecule has 21 heavy (non-hydrogen) atoms. The van der Waals surface area contributed by atoms with Gasteiger partial charge in [0.05, 0.1) is 11.9 Å². The van der Waals surface area contributed by atoms with Gasteiger partial charge in [0, 0.05) is 18.3 Å². The van der Waals surface area contributed by atoms with E-state index in [0.717, 1.165) is 5.56 Å². The fourth-order valence-corrected chi connectivity index (χ4v) is 3.07. The van der Waals surface area contributed by atoms with Gasteiger partial charge in [-0.2, -0.15) is 5.10 Å². The number of benzene rings is 1. The van der Waals surface area contributed by atoms with Crippen LogP contribution >= 0.6 is 0 Å². The van der Waals surface area contributed by atoms with Crippen molar-refractivity contribution in [3.05, 3.63) is 35.7 Å². The van der Waals surface area contributed by atoms with Crippen molar-refractivity contribution in [2.24, 2.45) is 0 Å². The third kappa shape index (κ3) is 3.40. The number of hydrogen-bond donors (Lipinski definition) is 3. The summed E-state index contributed by atoms with van der Waals surface area (Å²) in [5.74, 6) is -0.180. The number of carbonyl (C=O) groups excluding carboxylic acids is 1. The van der Waals surface area contributed by atoms with Crippen molar-refractivity contribution < 1.29 is 13.2 Å². The molecule has 0 fully saturated rings. The topological polar surface area (TPSA) is 104 Å². The molecular weight excluding hydrogens is 292 g/mol. The zero-order valence-electron chi connectivity index (χ0n) is 11.9. The van der Waals surface area contributed by atoms with Crippen molar-refractivity contribution >= 4 is 27.3 Å². The van der Waals surface area contributed by atoms with Crippen molar-refractivity contribution in [3.63, 3.8) is 0 Å². The molecule has 0 unspecified atom stereocenters. The predicted octanol–water partition coefficient (Wildman–Crippen LogP) is 1.79. The molecule has 1 aromatic heterocycles. The van der Waals surface area contributed by atoms with E-state index in [1.807, 2.05) is 0 Å². The van der Waals surface area contributed by atoms with Gasteiger partial charge in [0.25, 0.3) is 10.0 Å². The van der Waals surface area contributed by atoms with Crippen molar-refractivity contribution in [1.29, 1.82) is 0 Å². The Bertz CT molecular complexity index is 780. The third-order valence-corrected chi connectivity index (χ3v) is 4.36. The number of sulfonamides is 1. The smallest absolute Gasteiger partial charge is 0.265 e. The van der Waals surface area contributed by atoms with Crippen molar-refractivity contribution in [1.82, 2.24) is 10.2 Å². The average molecular weight is 308 g/mol. The number of H-pyrrole nitrogens is 1. The maximum absolute atomic E-state index is 12.2. The molecule has 112 valence electrons. The lowest BCUT2D eigenvalue weighted by molar-refractivity contribution is -0.114. The van der Waals surface area contributed by atoms with E-state index in [1.54, 1.807) is 32.0 Å². The molecule has 1 heterocycles. The maximum atomic E-state index is 12.2. The van der Waals surface area contributed by atoms with Crippen LogP contribution in [0.15, 0.2) is 29.3 Å². The van der Waals surface area contributed by atoms with Gasteiger partial charge in [-0.05, 0) is 37.6 Å². The highest BCUT2D eigenvalue weighted by molar-refractivity contribution is 7.92. The number of carbonyl (C=O) groups is 1. The molecule has 0 aliphatic carbocycles. The van der Waals surface area contributed by atoms with Gasteiger partial charge in [0.1, 0.15) is 4.90 Å². The molecule has 2 rings (SSSR count). The summed E-state index contributed by atoms with van der Waals surface area (Å²) >= 11 is 0. The van der Waals surface area contributed by atoms with E-state index >= 15 is 0 Å². The molecule has 0 bridgehead atoms. The Kier molecular flexibility index (Phi) is 3.99. The lowest BCUT2D eigenvalue weighted by Crippen LogP contribution is -2.14. The predicted molar refractivity (Wildman–Crippen MR) is 79.6 cm³/mol. The molecule has 8 heteroatoms. The van der Waals surface area contributed by atoms with E-state index in [0.29, 0.717) is 17.1 Å². The molecule has 0 spiro atoms. The Morgan fingerprint density at radius 1 is 1.29 bits per heavy atom. The largest absolute Gasteiger partial charge is 0.326 e. The molecule has 3 N–H and O–H groups in total. The summed E-state index contributed by atoms with van der Waals surface area (Å²) in [7, 11) is -3.68. The van der Waals surface area contributed by atoms with E-state index in [2.05, 4.69) is 20.2 Å². The second-order valence-electron chi connectivity index (χ2n) is 4.68. The van der Waals surface area contributed by atoms with Gasteiger partial charge < -0.3 is 5.32 Å². The monoisotopic (exact) mass is 308 g/mol.